The molecule has 0 aliphatic rings. The van der Waals surface area contributed by atoms with Gasteiger partial charge in [-0.2, -0.15) is 0 Å². The summed E-state index contributed by atoms with van der Waals surface area (Å²) < 4.78 is 0. The first-order valence-corrected chi connectivity index (χ1v) is 5.55. The Labute approximate surface area is 92.4 Å². The first-order valence-electron chi connectivity index (χ1n) is 5.55. The van der Waals surface area contributed by atoms with Crippen molar-refractivity contribution < 1.29 is 0 Å². The van der Waals surface area contributed by atoms with E-state index in [2.05, 4.69) is 43.2 Å². The van der Waals surface area contributed by atoms with E-state index in [0.29, 0.717) is 6.04 Å². The van der Waals surface area contributed by atoms with Crippen molar-refractivity contribution in [1.29, 1.82) is 0 Å². The Morgan fingerprint density at radius 1 is 1.53 bits per heavy atom. The lowest BCUT2D eigenvalue weighted by molar-refractivity contribution is 0.617. The monoisotopic (exact) mass is 204 g/mol. The summed E-state index contributed by atoms with van der Waals surface area (Å²) in [4.78, 5) is 4.10. The van der Waals surface area contributed by atoms with Gasteiger partial charge in [-0.15, -0.1) is 0 Å². The second-order valence-electron chi connectivity index (χ2n) is 3.98. The van der Waals surface area contributed by atoms with Crippen molar-refractivity contribution in [3.05, 3.63) is 35.7 Å². The van der Waals surface area contributed by atoms with Crippen molar-refractivity contribution in [2.75, 3.05) is 6.54 Å². The van der Waals surface area contributed by atoms with E-state index in [1.54, 1.807) is 6.20 Å². The lowest BCUT2D eigenvalue weighted by atomic mass is 10.1. The Balaban J connectivity index is 2.62. The SMILES string of the molecule is CCC(=Cc1cccnc1)CNC(C)C. The topological polar surface area (TPSA) is 24.9 Å². The highest BCUT2D eigenvalue weighted by Crippen LogP contribution is 2.07. The maximum Gasteiger partial charge on any atom is 0.0340 e. The van der Waals surface area contributed by atoms with Crippen LogP contribution in [0.5, 0.6) is 0 Å². The van der Waals surface area contributed by atoms with E-state index in [9.17, 15) is 0 Å². The van der Waals surface area contributed by atoms with Crippen molar-refractivity contribution in [2.24, 2.45) is 0 Å². The average Bonchev–Trinajstić information content (AvgIpc) is 2.25. The third-order valence-electron chi connectivity index (χ3n) is 2.25. The summed E-state index contributed by atoms with van der Waals surface area (Å²) in [5, 5.41) is 3.43. The fraction of sp³-hybridized carbons (Fsp3) is 0.462. The Bertz CT molecular complexity index is 302. The predicted octanol–water partition coefficient (Wildman–Crippen LogP) is 2.87. The second-order valence-corrected chi connectivity index (χ2v) is 3.98. The second kappa shape index (κ2) is 6.36. The summed E-state index contributed by atoms with van der Waals surface area (Å²) in [6, 6.07) is 4.58. The lowest BCUT2D eigenvalue weighted by Crippen LogP contribution is -2.24. The number of hydrogen-bond donors (Lipinski definition) is 1. The summed E-state index contributed by atoms with van der Waals surface area (Å²) in [5.41, 5.74) is 2.59. The molecule has 0 aliphatic carbocycles. The number of nitrogens with zero attached hydrogens (tertiary/aromatic N) is 1. The van der Waals surface area contributed by atoms with Crippen LogP contribution in [0, 0.1) is 0 Å². The minimum absolute atomic E-state index is 0.536. The predicted molar refractivity (Wildman–Crippen MR) is 65.6 cm³/mol. The van der Waals surface area contributed by atoms with Crippen LogP contribution < -0.4 is 5.32 Å². The zero-order valence-corrected chi connectivity index (χ0v) is 9.83. The third kappa shape index (κ3) is 4.75. The molecule has 0 fully saturated rings. The molecule has 0 spiro atoms. The van der Waals surface area contributed by atoms with E-state index in [4.69, 9.17) is 0 Å². The van der Waals surface area contributed by atoms with Crippen LogP contribution in [0.2, 0.25) is 0 Å². The minimum Gasteiger partial charge on any atom is -0.311 e. The largest absolute Gasteiger partial charge is 0.311 e. The highest BCUT2D eigenvalue weighted by molar-refractivity contribution is 5.51. The number of aromatic nitrogens is 1. The summed E-state index contributed by atoms with van der Waals surface area (Å²) in [5.74, 6) is 0. The van der Waals surface area contributed by atoms with Crippen LogP contribution in [-0.2, 0) is 0 Å². The Morgan fingerprint density at radius 2 is 2.33 bits per heavy atom. The zero-order valence-electron chi connectivity index (χ0n) is 9.83. The summed E-state index contributed by atoms with van der Waals surface area (Å²) in [6.07, 6.45) is 6.98. The van der Waals surface area contributed by atoms with Gasteiger partial charge in [0.15, 0.2) is 0 Å². The van der Waals surface area contributed by atoms with Gasteiger partial charge in [-0.3, -0.25) is 4.98 Å². The van der Waals surface area contributed by atoms with Crippen molar-refractivity contribution in [2.45, 2.75) is 33.2 Å². The highest BCUT2D eigenvalue weighted by atomic mass is 14.9. The molecule has 1 N–H and O–H groups in total. The van der Waals surface area contributed by atoms with Crippen LogP contribution in [0.3, 0.4) is 0 Å². The van der Waals surface area contributed by atoms with Gasteiger partial charge in [-0.25, -0.2) is 0 Å². The molecule has 1 aromatic rings. The Kier molecular flexibility index (Phi) is 5.05. The van der Waals surface area contributed by atoms with Crippen LogP contribution in [0.25, 0.3) is 6.08 Å². The molecule has 0 unspecified atom stereocenters. The van der Waals surface area contributed by atoms with E-state index in [1.807, 2.05) is 12.3 Å². The van der Waals surface area contributed by atoms with Gasteiger partial charge in [-0.1, -0.05) is 38.5 Å². The molecule has 2 heteroatoms. The lowest BCUT2D eigenvalue weighted by Gasteiger charge is -2.10. The summed E-state index contributed by atoms with van der Waals surface area (Å²) in [7, 11) is 0. The van der Waals surface area contributed by atoms with Gasteiger partial charge in [0.1, 0.15) is 0 Å². The van der Waals surface area contributed by atoms with Crippen molar-refractivity contribution in [3.63, 3.8) is 0 Å². The maximum atomic E-state index is 4.10. The standard InChI is InChI=1S/C13H20N2/c1-4-12(10-15-11(2)3)8-13-6-5-7-14-9-13/h5-9,11,15H,4,10H2,1-3H3. The van der Waals surface area contributed by atoms with E-state index >= 15 is 0 Å². The molecule has 0 radical (unpaired) electrons. The first-order chi connectivity index (χ1) is 7.22. The Morgan fingerprint density at radius 3 is 2.87 bits per heavy atom. The molecule has 0 aromatic carbocycles. The fourth-order valence-electron chi connectivity index (χ4n) is 1.31. The van der Waals surface area contributed by atoms with Crippen molar-refractivity contribution >= 4 is 6.08 Å². The molecule has 0 saturated heterocycles. The summed E-state index contributed by atoms with van der Waals surface area (Å²) in [6.45, 7) is 7.47. The molecule has 0 atom stereocenters. The van der Waals surface area contributed by atoms with Crippen LogP contribution in [0.15, 0.2) is 30.1 Å². The number of nitrogens with one attached hydrogen (secondary N) is 1. The van der Waals surface area contributed by atoms with Crippen molar-refractivity contribution in [1.82, 2.24) is 10.3 Å². The number of pyridine rings is 1. The van der Waals surface area contributed by atoms with Gasteiger partial charge in [0.2, 0.25) is 0 Å². The molecule has 0 saturated carbocycles. The van der Waals surface area contributed by atoms with Gasteiger partial charge in [0.25, 0.3) is 0 Å². The number of hydrogen-bond acceptors (Lipinski definition) is 2. The molecule has 1 aromatic heterocycles. The third-order valence-corrected chi connectivity index (χ3v) is 2.25. The smallest absolute Gasteiger partial charge is 0.0340 e. The molecule has 1 heterocycles. The average molecular weight is 204 g/mol. The molecular formula is C13H20N2. The van der Waals surface area contributed by atoms with Gasteiger partial charge in [0, 0.05) is 25.0 Å². The molecule has 15 heavy (non-hydrogen) atoms. The van der Waals surface area contributed by atoms with E-state index < -0.39 is 0 Å². The van der Waals surface area contributed by atoms with Crippen LogP contribution in [-0.4, -0.2) is 17.6 Å². The number of rotatable bonds is 5. The molecule has 0 amide bonds. The molecule has 82 valence electrons. The van der Waals surface area contributed by atoms with E-state index in [0.717, 1.165) is 13.0 Å². The van der Waals surface area contributed by atoms with Crippen LogP contribution in [0.1, 0.15) is 32.8 Å². The maximum absolute atomic E-state index is 4.10. The fourth-order valence-corrected chi connectivity index (χ4v) is 1.31. The molecule has 1 rings (SSSR count). The Hall–Kier alpha value is -1.15. The van der Waals surface area contributed by atoms with Crippen LogP contribution >= 0.6 is 0 Å². The van der Waals surface area contributed by atoms with E-state index in [1.165, 1.54) is 11.1 Å². The zero-order chi connectivity index (χ0) is 11.1. The van der Waals surface area contributed by atoms with Crippen molar-refractivity contribution in [3.8, 4) is 0 Å². The van der Waals surface area contributed by atoms with Crippen LogP contribution in [0.4, 0.5) is 0 Å². The van der Waals surface area contributed by atoms with Gasteiger partial charge < -0.3 is 5.32 Å². The highest BCUT2D eigenvalue weighted by Gasteiger charge is 1.97. The minimum atomic E-state index is 0.536. The molecule has 0 bridgehead atoms. The normalized spacial score (nSPS) is 12.1. The molecule has 0 aliphatic heterocycles. The summed E-state index contributed by atoms with van der Waals surface area (Å²) >= 11 is 0. The molecule has 2 nitrogen and oxygen atoms in total. The van der Waals surface area contributed by atoms with Gasteiger partial charge in [0.05, 0.1) is 0 Å². The van der Waals surface area contributed by atoms with Gasteiger partial charge in [-0.05, 0) is 18.1 Å². The first kappa shape index (κ1) is 11.9. The van der Waals surface area contributed by atoms with Gasteiger partial charge >= 0.3 is 0 Å². The van der Waals surface area contributed by atoms with E-state index in [-0.39, 0.29) is 0 Å². The molecular weight excluding hydrogens is 184 g/mol. The quantitative estimate of drug-likeness (QED) is 0.797.